The Morgan fingerprint density at radius 3 is 2.48 bits per heavy atom. The molecule has 214 valence electrons. The van der Waals surface area contributed by atoms with E-state index in [-0.39, 0.29) is 24.4 Å². The van der Waals surface area contributed by atoms with Crippen LogP contribution in [0, 0.1) is 6.92 Å². The van der Waals surface area contributed by atoms with Crippen LogP contribution in [0.1, 0.15) is 89.5 Å². The molecule has 1 aliphatic heterocycles. The molecule has 2 heterocycles. The maximum absolute atomic E-state index is 13.9. The number of unbranched alkanes of at least 4 members (excludes halogenated alkanes) is 3. The first-order valence-electron chi connectivity index (χ1n) is 14.9. The molecular weight excluding hydrogens is 516 g/mol. The van der Waals surface area contributed by atoms with Crippen LogP contribution in [0.15, 0.2) is 60.0 Å². The van der Waals surface area contributed by atoms with Gasteiger partial charge in [-0.15, -0.1) is 11.3 Å². The zero-order chi connectivity index (χ0) is 28.3. The molecular formula is C34H44N2O3S. The topological polar surface area (TPSA) is 49.9 Å². The molecule has 0 radical (unpaired) electrons. The van der Waals surface area contributed by atoms with Gasteiger partial charge in [-0.1, -0.05) is 68.1 Å². The van der Waals surface area contributed by atoms with Crippen molar-refractivity contribution in [1.82, 2.24) is 9.80 Å². The molecule has 1 aromatic heterocycles. The third kappa shape index (κ3) is 7.82. The maximum Gasteiger partial charge on any atom is 0.254 e. The lowest BCUT2D eigenvalue weighted by molar-refractivity contribution is -0.134. The Bertz CT molecular complexity index is 1220. The first-order valence-corrected chi connectivity index (χ1v) is 15.8. The second-order valence-electron chi connectivity index (χ2n) is 10.7. The van der Waals surface area contributed by atoms with E-state index in [9.17, 15) is 9.59 Å². The van der Waals surface area contributed by atoms with Gasteiger partial charge in [-0.05, 0) is 79.8 Å². The third-order valence-electron chi connectivity index (χ3n) is 7.73. The number of hydrogen-bond donors (Lipinski definition) is 0. The minimum atomic E-state index is -0.129. The van der Waals surface area contributed by atoms with Crippen LogP contribution in [-0.2, 0) is 22.4 Å². The minimum absolute atomic E-state index is 0.0141. The van der Waals surface area contributed by atoms with Crippen molar-refractivity contribution in [3.63, 3.8) is 0 Å². The van der Waals surface area contributed by atoms with Crippen molar-refractivity contribution in [2.24, 2.45) is 0 Å². The number of fused-ring (bicyclic) bond motifs is 1. The van der Waals surface area contributed by atoms with Gasteiger partial charge >= 0.3 is 0 Å². The van der Waals surface area contributed by atoms with Crippen molar-refractivity contribution in [2.45, 2.75) is 71.8 Å². The van der Waals surface area contributed by atoms with Crippen LogP contribution in [0.3, 0.4) is 0 Å². The lowest BCUT2D eigenvalue weighted by Crippen LogP contribution is -2.47. The second-order valence-corrected chi connectivity index (χ2v) is 11.7. The summed E-state index contributed by atoms with van der Waals surface area (Å²) in [4.78, 5) is 32.7. The predicted molar refractivity (Wildman–Crippen MR) is 164 cm³/mol. The normalized spacial score (nSPS) is 14.7. The van der Waals surface area contributed by atoms with Crippen LogP contribution in [0.25, 0.3) is 0 Å². The number of carbonyl (C=O) groups excluding carboxylic acids is 2. The predicted octanol–water partition coefficient (Wildman–Crippen LogP) is 7.22. The fraction of sp³-hybridized carbons (Fsp3) is 0.471. The first-order chi connectivity index (χ1) is 19.5. The SMILES string of the molecule is CCCCCCc1ccc(C(=O)N(CCCOCC)CC(=O)N2CCc3sccc3C2c2ccc(C)cc2)cc1. The summed E-state index contributed by atoms with van der Waals surface area (Å²) >= 11 is 1.76. The van der Waals surface area contributed by atoms with E-state index in [0.29, 0.717) is 38.3 Å². The number of amides is 2. The van der Waals surface area contributed by atoms with Crippen LogP contribution in [-0.4, -0.2) is 54.5 Å². The zero-order valence-electron chi connectivity index (χ0n) is 24.4. The van der Waals surface area contributed by atoms with Gasteiger partial charge in [0.05, 0.1) is 6.04 Å². The molecule has 2 amide bonds. The van der Waals surface area contributed by atoms with Crippen LogP contribution < -0.4 is 0 Å². The van der Waals surface area contributed by atoms with Crippen LogP contribution in [0.5, 0.6) is 0 Å². The summed E-state index contributed by atoms with van der Waals surface area (Å²) < 4.78 is 5.54. The van der Waals surface area contributed by atoms with E-state index < -0.39 is 0 Å². The van der Waals surface area contributed by atoms with Gasteiger partial charge in [0.2, 0.25) is 5.91 Å². The highest BCUT2D eigenvalue weighted by atomic mass is 32.1. The third-order valence-corrected chi connectivity index (χ3v) is 8.73. The monoisotopic (exact) mass is 560 g/mol. The first kappa shape index (κ1) is 30.0. The van der Waals surface area contributed by atoms with Crippen molar-refractivity contribution < 1.29 is 14.3 Å². The van der Waals surface area contributed by atoms with Gasteiger partial charge < -0.3 is 14.5 Å². The van der Waals surface area contributed by atoms with Crippen molar-refractivity contribution >= 4 is 23.2 Å². The fourth-order valence-corrected chi connectivity index (χ4v) is 6.36. The number of thiophene rings is 1. The Labute approximate surface area is 244 Å². The molecule has 1 atom stereocenters. The number of benzene rings is 2. The summed E-state index contributed by atoms with van der Waals surface area (Å²) in [5.74, 6) is -0.109. The van der Waals surface area contributed by atoms with Gasteiger partial charge in [0.25, 0.3) is 5.91 Å². The highest BCUT2D eigenvalue weighted by Crippen LogP contribution is 2.38. The Kier molecular flexibility index (Phi) is 11.4. The number of aryl methyl sites for hydroxylation is 2. The summed E-state index contributed by atoms with van der Waals surface area (Å²) in [6.07, 6.45) is 7.46. The molecule has 0 aliphatic carbocycles. The lowest BCUT2D eigenvalue weighted by atomic mass is 9.92. The largest absolute Gasteiger partial charge is 0.382 e. The van der Waals surface area contributed by atoms with Crippen molar-refractivity contribution in [2.75, 3.05) is 32.8 Å². The average Bonchev–Trinajstić information content (AvgIpc) is 3.46. The van der Waals surface area contributed by atoms with Gasteiger partial charge in [-0.2, -0.15) is 0 Å². The van der Waals surface area contributed by atoms with Crippen molar-refractivity contribution in [1.29, 1.82) is 0 Å². The number of ether oxygens (including phenoxy) is 1. The lowest BCUT2D eigenvalue weighted by Gasteiger charge is -2.37. The zero-order valence-corrected chi connectivity index (χ0v) is 25.2. The van der Waals surface area contributed by atoms with E-state index in [4.69, 9.17) is 4.74 Å². The summed E-state index contributed by atoms with van der Waals surface area (Å²) in [5, 5.41) is 2.12. The molecule has 0 saturated carbocycles. The van der Waals surface area contributed by atoms with E-state index in [1.807, 2.05) is 24.0 Å². The van der Waals surface area contributed by atoms with E-state index >= 15 is 0 Å². The van der Waals surface area contributed by atoms with Gasteiger partial charge in [-0.3, -0.25) is 9.59 Å². The Balaban J connectivity index is 1.51. The van der Waals surface area contributed by atoms with Crippen molar-refractivity contribution in [3.8, 4) is 0 Å². The molecule has 0 spiro atoms. The molecule has 1 unspecified atom stereocenters. The summed E-state index contributed by atoms with van der Waals surface area (Å²) in [6.45, 7) is 8.67. The Morgan fingerprint density at radius 2 is 1.75 bits per heavy atom. The van der Waals surface area contributed by atoms with Crippen LogP contribution >= 0.6 is 11.3 Å². The second kappa shape index (κ2) is 15.2. The fourth-order valence-electron chi connectivity index (χ4n) is 5.45. The molecule has 0 saturated heterocycles. The van der Waals surface area contributed by atoms with E-state index in [1.54, 1.807) is 16.2 Å². The molecule has 0 bridgehead atoms. The Hall–Kier alpha value is -2.96. The van der Waals surface area contributed by atoms with Crippen molar-refractivity contribution in [3.05, 3.63) is 92.7 Å². The smallest absolute Gasteiger partial charge is 0.254 e. The quantitative estimate of drug-likeness (QED) is 0.196. The molecule has 1 aliphatic rings. The molecule has 3 aromatic rings. The molecule has 0 N–H and O–H groups in total. The molecule has 4 rings (SSSR count). The van der Waals surface area contributed by atoms with Crippen LogP contribution in [0.2, 0.25) is 0 Å². The van der Waals surface area contributed by atoms with E-state index in [2.05, 4.69) is 61.7 Å². The minimum Gasteiger partial charge on any atom is -0.382 e. The summed E-state index contributed by atoms with van der Waals surface area (Å²) in [6, 6.07) is 18.5. The Morgan fingerprint density at radius 1 is 0.975 bits per heavy atom. The highest BCUT2D eigenvalue weighted by Gasteiger charge is 2.34. The summed E-state index contributed by atoms with van der Waals surface area (Å²) in [5.41, 5.74) is 5.41. The van der Waals surface area contributed by atoms with Gasteiger partial charge in [0.1, 0.15) is 6.54 Å². The van der Waals surface area contributed by atoms with Gasteiger partial charge in [0.15, 0.2) is 0 Å². The maximum atomic E-state index is 13.9. The standard InChI is InChI=1S/C34H44N2O3S/c1-4-6-7-8-10-27-13-17-29(18-14-27)34(38)35(21-9-23-39-5-2)25-32(37)36-22-19-31-30(20-24-40-31)33(36)28-15-11-26(3)12-16-28/h11-18,20,24,33H,4-10,19,21-23,25H2,1-3H3. The van der Waals surface area contributed by atoms with Crippen LogP contribution in [0.4, 0.5) is 0 Å². The summed E-state index contributed by atoms with van der Waals surface area (Å²) in [7, 11) is 0. The number of carbonyl (C=O) groups is 2. The van der Waals surface area contributed by atoms with E-state index in [0.717, 1.165) is 18.4 Å². The molecule has 40 heavy (non-hydrogen) atoms. The average molecular weight is 561 g/mol. The molecule has 2 aromatic carbocycles. The van der Waals surface area contributed by atoms with Gasteiger partial charge in [-0.25, -0.2) is 0 Å². The number of nitrogens with zero attached hydrogens (tertiary/aromatic N) is 2. The molecule has 6 heteroatoms. The number of rotatable bonds is 14. The number of hydrogen-bond acceptors (Lipinski definition) is 4. The highest BCUT2D eigenvalue weighted by molar-refractivity contribution is 7.10. The van der Waals surface area contributed by atoms with E-state index in [1.165, 1.54) is 47.3 Å². The molecule has 5 nitrogen and oxygen atoms in total. The molecule has 0 fully saturated rings. The van der Waals surface area contributed by atoms with Gasteiger partial charge in [0, 0.05) is 36.7 Å².